The SMILES string of the molecule is O=C(NCc1ccccc1Cl)c1cnc(Nc2ccc3c(c2)OCCO3)nc1. The van der Waals surface area contributed by atoms with Gasteiger partial charge >= 0.3 is 0 Å². The number of nitrogens with zero attached hydrogens (tertiary/aromatic N) is 2. The number of carbonyl (C=O) groups is 1. The summed E-state index contributed by atoms with van der Waals surface area (Å²) in [5.74, 6) is 1.49. The molecule has 0 unspecified atom stereocenters. The normalized spacial score (nSPS) is 12.3. The molecule has 2 heterocycles. The molecular weight excluding hydrogens is 380 g/mol. The van der Waals surface area contributed by atoms with Crippen molar-refractivity contribution in [2.45, 2.75) is 6.54 Å². The lowest BCUT2D eigenvalue weighted by Crippen LogP contribution is -2.23. The van der Waals surface area contributed by atoms with Gasteiger partial charge in [-0.05, 0) is 23.8 Å². The molecule has 1 aliphatic rings. The van der Waals surface area contributed by atoms with Crippen LogP contribution in [0.3, 0.4) is 0 Å². The summed E-state index contributed by atoms with van der Waals surface area (Å²) in [4.78, 5) is 20.7. The van der Waals surface area contributed by atoms with Crippen LogP contribution in [0.2, 0.25) is 5.02 Å². The summed E-state index contributed by atoms with van der Waals surface area (Å²) in [6.07, 6.45) is 2.94. The zero-order valence-corrected chi connectivity index (χ0v) is 15.6. The second kappa shape index (κ2) is 8.14. The highest BCUT2D eigenvalue weighted by molar-refractivity contribution is 6.31. The number of fused-ring (bicyclic) bond motifs is 1. The molecule has 7 nitrogen and oxygen atoms in total. The Balaban J connectivity index is 1.38. The summed E-state index contributed by atoms with van der Waals surface area (Å²) >= 11 is 6.09. The number of amides is 1. The van der Waals surface area contributed by atoms with E-state index in [1.165, 1.54) is 12.4 Å². The number of aromatic nitrogens is 2. The molecule has 0 spiro atoms. The molecule has 0 fully saturated rings. The lowest BCUT2D eigenvalue weighted by molar-refractivity contribution is 0.0950. The Kier molecular flexibility index (Phi) is 5.25. The number of hydrogen-bond acceptors (Lipinski definition) is 6. The molecule has 142 valence electrons. The van der Waals surface area contributed by atoms with E-state index in [0.29, 0.717) is 47.8 Å². The first kappa shape index (κ1) is 18.1. The van der Waals surface area contributed by atoms with Crippen LogP contribution < -0.4 is 20.1 Å². The quantitative estimate of drug-likeness (QED) is 0.685. The van der Waals surface area contributed by atoms with Gasteiger partial charge in [-0.25, -0.2) is 9.97 Å². The third-order valence-electron chi connectivity index (χ3n) is 4.11. The summed E-state index contributed by atoms with van der Waals surface area (Å²) in [5, 5.41) is 6.49. The van der Waals surface area contributed by atoms with E-state index in [1.807, 2.05) is 36.4 Å². The van der Waals surface area contributed by atoms with Gasteiger partial charge in [0.25, 0.3) is 5.91 Å². The average molecular weight is 397 g/mol. The minimum absolute atomic E-state index is 0.272. The van der Waals surface area contributed by atoms with E-state index >= 15 is 0 Å². The summed E-state index contributed by atoms with van der Waals surface area (Å²) in [6.45, 7) is 1.39. The van der Waals surface area contributed by atoms with Crippen molar-refractivity contribution in [2.24, 2.45) is 0 Å². The van der Waals surface area contributed by atoms with E-state index in [1.54, 1.807) is 6.07 Å². The number of rotatable bonds is 5. The highest BCUT2D eigenvalue weighted by Gasteiger charge is 2.13. The van der Waals surface area contributed by atoms with Crippen molar-refractivity contribution in [3.05, 3.63) is 71.0 Å². The minimum atomic E-state index is -0.272. The van der Waals surface area contributed by atoms with Gasteiger partial charge in [0.2, 0.25) is 5.95 Å². The number of ether oxygens (including phenoxy) is 2. The monoisotopic (exact) mass is 396 g/mol. The van der Waals surface area contributed by atoms with Crippen LogP contribution in [0, 0.1) is 0 Å². The van der Waals surface area contributed by atoms with Gasteiger partial charge in [-0.1, -0.05) is 29.8 Å². The first-order chi connectivity index (χ1) is 13.7. The molecule has 1 aliphatic heterocycles. The zero-order chi connectivity index (χ0) is 19.3. The molecule has 2 N–H and O–H groups in total. The Morgan fingerprint density at radius 2 is 1.79 bits per heavy atom. The van der Waals surface area contributed by atoms with Crippen LogP contribution in [-0.4, -0.2) is 29.1 Å². The van der Waals surface area contributed by atoms with Crippen molar-refractivity contribution >= 4 is 29.1 Å². The van der Waals surface area contributed by atoms with Crippen molar-refractivity contribution < 1.29 is 14.3 Å². The average Bonchev–Trinajstić information content (AvgIpc) is 2.73. The van der Waals surface area contributed by atoms with Crippen molar-refractivity contribution in [3.8, 4) is 11.5 Å². The molecule has 2 aromatic carbocycles. The zero-order valence-electron chi connectivity index (χ0n) is 14.8. The molecule has 8 heteroatoms. The molecule has 0 atom stereocenters. The number of halogens is 1. The number of nitrogens with one attached hydrogen (secondary N) is 2. The summed E-state index contributed by atoms with van der Waals surface area (Å²) in [5.41, 5.74) is 1.97. The Morgan fingerprint density at radius 3 is 2.57 bits per heavy atom. The van der Waals surface area contributed by atoms with E-state index in [0.717, 1.165) is 11.3 Å². The van der Waals surface area contributed by atoms with E-state index in [-0.39, 0.29) is 5.91 Å². The third kappa shape index (κ3) is 4.15. The lowest BCUT2D eigenvalue weighted by Gasteiger charge is -2.18. The van der Waals surface area contributed by atoms with Crippen LogP contribution in [0.15, 0.2) is 54.9 Å². The number of carbonyl (C=O) groups excluding carboxylic acids is 1. The van der Waals surface area contributed by atoms with Gasteiger partial charge in [-0.15, -0.1) is 0 Å². The van der Waals surface area contributed by atoms with Crippen molar-refractivity contribution in [3.63, 3.8) is 0 Å². The van der Waals surface area contributed by atoms with Crippen LogP contribution in [-0.2, 0) is 6.54 Å². The maximum atomic E-state index is 12.3. The fourth-order valence-corrected chi connectivity index (χ4v) is 2.88. The molecule has 0 bridgehead atoms. The van der Waals surface area contributed by atoms with E-state index in [4.69, 9.17) is 21.1 Å². The third-order valence-corrected chi connectivity index (χ3v) is 4.48. The molecule has 4 rings (SSSR count). The molecule has 3 aromatic rings. The molecular formula is C20H17ClN4O3. The molecule has 1 amide bonds. The van der Waals surface area contributed by atoms with Crippen LogP contribution in [0.1, 0.15) is 15.9 Å². The maximum Gasteiger partial charge on any atom is 0.254 e. The highest BCUT2D eigenvalue weighted by atomic mass is 35.5. The minimum Gasteiger partial charge on any atom is -0.486 e. The Hall–Kier alpha value is -3.32. The largest absolute Gasteiger partial charge is 0.486 e. The topological polar surface area (TPSA) is 85.4 Å². The van der Waals surface area contributed by atoms with Crippen LogP contribution >= 0.6 is 11.6 Å². The van der Waals surface area contributed by atoms with E-state index in [9.17, 15) is 4.79 Å². The van der Waals surface area contributed by atoms with Gasteiger partial charge in [-0.3, -0.25) is 4.79 Å². The number of benzene rings is 2. The molecule has 1 aromatic heterocycles. The van der Waals surface area contributed by atoms with Gasteiger partial charge in [0.15, 0.2) is 11.5 Å². The Bertz CT molecular complexity index is 995. The molecule has 0 aliphatic carbocycles. The maximum absolute atomic E-state index is 12.3. The summed E-state index contributed by atoms with van der Waals surface area (Å²) < 4.78 is 11.1. The standard InChI is InChI=1S/C20H17ClN4O3/c21-16-4-2-1-3-13(16)10-22-19(26)14-11-23-20(24-12-14)25-15-5-6-17-18(9-15)28-8-7-27-17/h1-6,9,11-12H,7-8,10H2,(H,22,26)(H,23,24,25). The molecule has 0 radical (unpaired) electrons. The number of anilines is 2. The Morgan fingerprint density at radius 1 is 1.04 bits per heavy atom. The second-order valence-electron chi connectivity index (χ2n) is 6.05. The molecule has 0 saturated carbocycles. The van der Waals surface area contributed by atoms with Crippen LogP contribution in [0.5, 0.6) is 11.5 Å². The molecule has 28 heavy (non-hydrogen) atoms. The highest BCUT2D eigenvalue weighted by Crippen LogP contribution is 2.33. The summed E-state index contributed by atoms with van der Waals surface area (Å²) in [7, 11) is 0. The van der Waals surface area contributed by atoms with Crippen LogP contribution in [0.25, 0.3) is 0 Å². The lowest BCUT2D eigenvalue weighted by atomic mass is 10.2. The fourth-order valence-electron chi connectivity index (χ4n) is 2.68. The van der Waals surface area contributed by atoms with Crippen molar-refractivity contribution in [1.82, 2.24) is 15.3 Å². The first-order valence-electron chi connectivity index (χ1n) is 8.69. The van der Waals surface area contributed by atoms with E-state index in [2.05, 4.69) is 20.6 Å². The van der Waals surface area contributed by atoms with Crippen molar-refractivity contribution in [2.75, 3.05) is 18.5 Å². The molecule has 0 saturated heterocycles. The van der Waals surface area contributed by atoms with Gasteiger partial charge in [0.1, 0.15) is 13.2 Å². The smallest absolute Gasteiger partial charge is 0.254 e. The van der Waals surface area contributed by atoms with Gasteiger partial charge in [0, 0.05) is 35.7 Å². The predicted octanol–water partition coefficient (Wildman–Crippen LogP) is 3.57. The van der Waals surface area contributed by atoms with Crippen LogP contribution in [0.4, 0.5) is 11.6 Å². The van der Waals surface area contributed by atoms with Gasteiger partial charge in [0.05, 0.1) is 5.56 Å². The van der Waals surface area contributed by atoms with Gasteiger partial charge in [-0.2, -0.15) is 0 Å². The van der Waals surface area contributed by atoms with Crippen molar-refractivity contribution in [1.29, 1.82) is 0 Å². The number of hydrogen-bond donors (Lipinski definition) is 2. The van der Waals surface area contributed by atoms with E-state index < -0.39 is 0 Å². The summed E-state index contributed by atoms with van der Waals surface area (Å²) in [6, 6.07) is 12.9. The second-order valence-corrected chi connectivity index (χ2v) is 6.46. The Labute approximate surface area is 166 Å². The van der Waals surface area contributed by atoms with Gasteiger partial charge < -0.3 is 20.1 Å². The first-order valence-corrected chi connectivity index (χ1v) is 9.07. The predicted molar refractivity (Wildman–Crippen MR) is 105 cm³/mol. The fraction of sp³-hybridized carbons (Fsp3) is 0.150.